The van der Waals surface area contributed by atoms with Crippen molar-refractivity contribution in [3.05, 3.63) is 0 Å². The van der Waals surface area contributed by atoms with Gasteiger partial charge >= 0.3 is 0 Å². The first-order valence-electron chi connectivity index (χ1n) is 0. The maximum Gasteiger partial charge on any atom is 0 e. The third kappa shape index (κ3) is 8.82. The van der Waals surface area contributed by atoms with Crippen LogP contribution in [-0.2, 0) is 40.5 Å². The first-order valence-corrected chi connectivity index (χ1v) is 0. The van der Waals surface area contributed by atoms with Gasteiger partial charge in [0.15, 0.2) is 0 Å². The van der Waals surface area contributed by atoms with Crippen LogP contribution in [0.2, 0.25) is 0 Å². The molecular formula is BCaMoZn. The Morgan fingerprint density at radius 1 is 1.00 bits per heavy atom. The zero-order valence-electron chi connectivity index (χ0n) is 2.40. The summed E-state index contributed by atoms with van der Waals surface area (Å²) in [5, 5.41) is 0. The van der Waals surface area contributed by atoms with E-state index in [-0.39, 0.29) is 86.7 Å². The van der Waals surface area contributed by atoms with Gasteiger partial charge in [-0.2, -0.15) is 0 Å². The first kappa shape index (κ1) is 30.3. The van der Waals surface area contributed by atoms with E-state index in [2.05, 4.69) is 0 Å². The second kappa shape index (κ2) is 17.4. The summed E-state index contributed by atoms with van der Waals surface area (Å²) in [6.07, 6.45) is 0. The molecular weight excluding hydrogens is 212 g/mol. The van der Waals surface area contributed by atoms with Crippen LogP contribution in [0, 0.1) is 0 Å². The summed E-state index contributed by atoms with van der Waals surface area (Å²) >= 11 is 0. The molecule has 0 aliphatic rings. The van der Waals surface area contributed by atoms with E-state index in [4.69, 9.17) is 0 Å². The van der Waals surface area contributed by atoms with Gasteiger partial charge in [0.1, 0.15) is 0 Å². The summed E-state index contributed by atoms with van der Waals surface area (Å²) in [5.74, 6) is 0. The van der Waals surface area contributed by atoms with E-state index in [1.807, 2.05) is 0 Å². The number of hydrogen-bond acceptors (Lipinski definition) is 0. The summed E-state index contributed by atoms with van der Waals surface area (Å²) in [4.78, 5) is 0. The van der Waals surface area contributed by atoms with Crippen LogP contribution in [0.15, 0.2) is 0 Å². The Morgan fingerprint density at radius 2 is 1.00 bits per heavy atom. The average Bonchev–Trinajstić information content (AvgIpc) is 0. The molecule has 0 aromatic carbocycles. The second-order valence-electron chi connectivity index (χ2n) is 0. The molecule has 5 radical (unpaired) electrons. The molecule has 0 aliphatic carbocycles. The maximum absolute atomic E-state index is 0. The van der Waals surface area contributed by atoms with Gasteiger partial charge in [0.05, 0.1) is 0 Å². The van der Waals surface area contributed by atoms with Gasteiger partial charge < -0.3 is 0 Å². The van der Waals surface area contributed by atoms with E-state index in [9.17, 15) is 0 Å². The molecule has 0 aliphatic heterocycles. The standard InChI is InChI=1S/B.Ca.Mo.Zn. The molecule has 0 atom stereocenters. The van der Waals surface area contributed by atoms with Crippen LogP contribution in [0.1, 0.15) is 0 Å². The Kier molecular flexibility index (Phi) is 132. The van der Waals surface area contributed by atoms with Crippen LogP contribution in [-0.4, -0.2) is 46.2 Å². The Hall–Kier alpha value is 2.64. The molecule has 0 amide bonds. The predicted molar refractivity (Wildman–Crippen MR) is 11.5 cm³/mol. The quantitative estimate of drug-likeness (QED) is 0.463. The number of hydrogen-bond donors (Lipinski definition) is 0. The van der Waals surface area contributed by atoms with E-state index in [0.717, 1.165) is 0 Å². The molecule has 0 rings (SSSR count). The fourth-order valence-corrected chi connectivity index (χ4v) is 0. The predicted octanol–water partition coefficient (Wildman–Crippen LogP) is -0.767. The van der Waals surface area contributed by atoms with Gasteiger partial charge in [-0.1, -0.05) is 0 Å². The van der Waals surface area contributed by atoms with Crippen LogP contribution in [0.4, 0.5) is 0 Å². The van der Waals surface area contributed by atoms with E-state index in [0.29, 0.717) is 0 Å². The monoisotopic (exact) mass is 213 g/mol. The normalized spacial score (nSPS) is 0. The largest absolute Gasteiger partial charge is 0 e. The van der Waals surface area contributed by atoms with Crippen molar-refractivity contribution in [1.29, 1.82) is 0 Å². The van der Waals surface area contributed by atoms with Gasteiger partial charge in [0, 0.05) is 86.7 Å². The molecule has 0 saturated heterocycles. The maximum atomic E-state index is 0. The van der Waals surface area contributed by atoms with Crippen molar-refractivity contribution in [1.82, 2.24) is 0 Å². The molecule has 0 nitrogen and oxygen atoms in total. The van der Waals surface area contributed by atoms with E-state index in [1.165, 1.54) is 0 Å². The second-order valence-corrected chi connectivity index (χ2v) is 0. The summed E-state index contributed by atoms with van der Waals surface area (Å²) in [7, 11) is 0. The summed E-state index contributed by atoms with van der Waals surface area (Å²) in [6, 6.07) is 0. The van der Waals surface area contributed by atoms with Gasteiger partial charge in [-0.25, -0.2) is 0 Å². The minimum absolute atomic E-state index is 0. The van der Waals surface area contributed by atoms with E-state index < -0.39 is 0 Å². The van der Waals surface area contributed by atoms with Crippen molar-refractivity contribution in [2.75, 3.05) is 0 Å². The topological polar surface area (TPSA) is 0 Å². The molecule has 0 heterocycles. The molecule has 4 heavy (non-hydrogen) atoms. The van der Waals surface area contributed by atoms with E-state index in [1.54, 1.807) is 0 Å². The molecule has 13 valence electrons. The van der Waals surface area contributed by atoms with Gasteiger partial charge in [0.25, 0.3) is 0 Å². The average molecular weight is 212 g/mol. The fraction of sp³-hybridized carbons (Fsp3) is 0. The molecule has 0 unspecified atom stereocenters. The van der Waals surface area contributed by atoms with Crippen molar-refractivity contribution in [2.24, 2.45) is 0 Å². The van der Waals surface area contributed by atoms with Crippen molar-refractivity contribution in [2.45, 2.75) is 0 Å². The van der Waals surface area contributed by atoms with Crippen LogP contribution < -0.4 is 0 Å². The van der Waals surface area contributed by atoms with E-state index >= 15 is 0 Å². The molecule has 4 heteroatoms. The molecule has 0 N–H and O–H groups in total. The van der Waals surface area contributed by atoms with Gasteiger partial charge in [0.2, 0.25) is 0 Å². The van der Waals surface area contributed by atoms with Crippen molar-refractivity contribution in [3.63, 3.8) is 0 Å². The SMILES string of the molecule is [B].[Ca].[Mo].[Zn]. The zero-order valence-corrected chi connectivity index (χ0v) is 9.58. The molecule has 0 aromatic heterocycles. The van der Waals surface area contributed by atoms with Crippen molar-refractivity contribution in [3.8, 4) is 0 Å². The minimum Gasteiger partial charge on any atom is 0 e. The third-order valence-corrected chi connectivity index (χ3v) is 0. The van der Waals surface area contributed by atoms with Gasteiger partial charge in [-0.3, -0.25) is 0 Å². The Bertz CT molecular complexity index is 8.00. The smallest absolute Gasteiger partial charge is 0 e. The van der Waals surface area contributed by atoms with Gasteiger partial charge in [-0.05, 0) is 0 Å². The minimum atomic E-state index is 0. The molecule has 0 bridgehead atoms. The van der Waals surface area contributed by atoms with Crippen molar-refractivity contribution < 1.29 is 40.5 Å². The fourth-order valence-electron chi connectivity index (χ4n) is 0. The molecule has 0 fully saturated rings. The summed E-state index contributed by atoms with van der Waals surface area (Å²) in [6.45, 7) is 0. The number of rotatable bonds is 0. The van der Waals surface area contributed by atoms with Crippen LogP contribution in [0.5, 0.6) is 0 Å². The Labute approximate surface area is 85.1 Å². The Morgan fingerprint density at radius 3 is 1.00 bits per heavy atom. The summed E-state index contributed by atoms with van der Waals surface area (Å²) < 4.78 is 0. The first-order chi connectivity index (χ1) is 0. The molecule has 0 saturated carbocycles. The summed E-state index contributed by atoms with van der Waals surface area (Å²) in [5.41, 5.74) is 0. The molecule has 0 aromatic rings. The Balaban J connectivity index is 0. The molecule has 0 spiro atoms. The van der Waals surface area contributed by atoms with Crippen LogP contribution in [0.25, 0.3) is 0 Å². The van der Waals surface area contributed by atoms with Crippen LogP contribution in [0.3, 0.4) is 0 Å². The third-order valence-electron chi connectivity index (χ3n) is 0. The zero-order chi connectivity index (χ0) is 0. The van der Waals surface area contributed by atoms with Gasteiger partial charge in [-0.15, -0.1) is 0 Å². The van der Waals surface area contributed by atoms with Crippen molar-refractivity contribution >= 4 is 46.2 Å². The van der Waals surface area contributed by atoms with Crippen LogP contribution >= 0.6 is 0 Å².